The maximum Gasteiger partial charge on any atom is 0.273 e. The van der Waals surface area contributed by atoms with Crippen LogP contribution in [0.5, 0.6) is 0 Å². The number of piperidine rings is 1. The average molecular weight is 312 g/mol. The summed E-state index contributed by atoms with van der Waals surface area (Å²) in [6.45, 7) is 4.06. The van der Waals surface area contributed by atoms with Gasteiger partial charge in [-0.25, -0.2) is 8.42 Å². The van der Waals surface area contributed by atoms with Gasteiger partial charge in [-0.15, -0.1) is 0 Å². The quantitative estimate of drug-likeness (QED) is 0.632. The Morgan fingerprint density at radius 2 is 2.10 bits per heavy atom. The van der Waals surface area contributed by atoms with Gasteiger partial charge in [-0.1, -0.05) is 19.4 Å². The Hall–Kier alpha value is -1.47. The van der Waals surface area contributed by atoms with Gasteiger partial charge in [-0.3, -0.25) is 10.1 Å². The molecule has 0 aliphatic carbocycles. The highest BCUT2D eigenvalue weighted by molar-refractivity contribution is 7.89. The monoisotopic (exact) mass is 312 g/mol. The molecule has 1 saturated heterocycles. The fraction of sp³-hybridized carbons (Fsp3) is 0.571. The molecule has 0 bridgehead atoms. The normalized spacial score (nSPS) is 20.4. The SMILES string of the molecule is CC[C@H]1CCCCN1S(=O)(=O)c1ccc(C)c([N+](=O)[O-])c1. The summed E-state index contributed by atoms with van der Waals surface area (Å²) >= 11 is 0. The smallest absolute Gasteiger partial charge is 0.258 e. The van der Waals surface area contributed by atoms with Crippen LogP contribution in [0.25, 0.3) is 0 Å². The first kappa shape index (κ1) is 15.9. The first-order valence-corrected chi connectivity index (χ1v) is 8.58. The van der Waals surface area contributed by atoms with E-state index in [0.717, 1.165) is 25.7 Å². The molecule has 1 fully saturated rings. The van der Waals surface area contributed by atoms with Crippen molar-refractivity contribution in [3.05, 3.63) is 33.9 Å². The highest BCUT2D eigenvalue weighted by Gasteiger charge is 2.33. The molecule has 1 heterocycles. The van der Waals surface area contributed by atoms with Crippen molar-refractivity contribution in [2.24, 2.45) is 0 Å². The summed E-state index contributed by atoms with van der Waals surface area (Å²) in [6, 6.07) is 4.12. The molecule has 0 N–H and O–H groups in total. The van der Waals surface area contributed by atoms with Crippen LogP contribution in [-0.2, 0) is 10.0 Å². The molecule has 0 amide bonds. The third-order valence-electron chi connectivity index (χ3n) is 4.03. The zero-order valence-corrected chi connectivity index (χ0v) is 13.1. The summed E-state index contributed by atoms with van der Waals surface area (Å²) in [5, 5.41) is 11.0. The van der Waals surface area contributed by atoms with Crippen LogP contribution in [0.2, 0.25) is 0 Å². The minimum atomic E-state index is -3.67. The van der Waals surface area contributed by atoms with Gasteiger partial charge >= 0.3 is 0 Å². The molecule has 2 rings (SSSR count). The van der Waals surface area contributed by atoms with Crippen molar-refractivity contribution < 1.29 is 13.3 Å². The summed E-state index contributed by atoms with van der Waals surface area (Å²) in [7, 11) is -3.67. The second-order valence-corrected chi connectivity index (χ2v) is 7.27. The first-order valence-electron chi connectivity index (χ1n) is 7.14. The van der Waals surface area contributed by atoms with Crippen molar-refractivity contribution >= 4 is 15.7 Å². The van der Waals surface area contributed by atoms with E-state index in [0.29, 0.717) is 12.1 Å². The summed E-state index contributed by atoms with van der Waals surface area (Å²) in [5.74, 6) is 0. The number of nitro benzene ring substituents is 1. The molecule has 1 aromatic rings. The van der Waals surface area contributed by atoms with Crippen LogP contribution in [0.15, 0.2) is 23.1 Å². The summed E-state index contributed by atoms with van der Waals surface area (Å²) < 4.78 is 27.0. The van der Waals surface area contributed by atoms with Crippen molar-refractivity contribution in [3.8, 4) is 0 Å². The topological polar surface area (TPSA) is 80.5 Å². The lowest BCUT2D eigenvalue weighted by atomic mass is 10.0. The van der Waals surface area contributed by atoms with Crippen LogP contribution in [0.1, 0.15) is 38.2 Å². The Morgan fingerprint density at radius 1 is 1.38 bits per heavy atom. The summed E-state index contributed by atoms with van der Waals surface area (Å²) in [5.41, 5.74) is 0.311. The van der Waals surface area contributed by atoms with Crippen LogP contribution >= 0.6 is 0 Å². The molecule has 1 aliphatic rings. The van der Waals surface area contributed by atoms with Crippen molar-refractivity contribution in [1.29, 1.82) is 0 Å². The van der Waals surface area contributed by atoms with Gasteiger partial charge in [0.25, 0.3) is 5.69 Å². The Balaban J connectivity index is 2.43. The predicted molar refractivity (Wildman–Crippen MR) is 79.7 cm³/mol. The fourth-order valence-electron chi connectivity index (χ4n) is 2.78. The lowest BCUT2D eigenvalue weighted by Crippen LogP contribution is -2.43. The van der Waals surface area contributed by atoms with Crippen LogP contribution < -0.4 is 0 Å². The van der Waals surface area contributed by atoms with E-state index in [1.807, 2.05) is 6.92 Å². The third-order valence-corrected chi connectivity index (χ3v) is 5.98. The van der Waals surface area contributed by atoms with E-state index < -0.39 is 14.9 Å². The molecule has 1 aliphatic heterocycles. The largest absolute Gasteiger partial charge is 0.273 e. The predicted octanol–water partition coefficient (Wildman–Crippen LogP) is 2.86. The second-order valence-electron chi connectivity index (χ2n) is 5.38. The van der Waals surface area contributed by atoms with E-state index in [1.54, 1.807) is 6.92 Å². The fourth-order valence-corrected chi connectivity index (χ4v) is 4.57. The van der Waals surface area contributed by atoms with Gasteiger partial charge in [0.1, 0.15) is 0 Å². The number of rotatable bonds is 4. The van der Waals surface area contributed by atoms with Crippen molar-refractivity contribution in [1.82, 2.24) is 4.31 Å². The zero-order valence-electron chi connectivity index (χ0n) is 12.3. The molecule has 1 aromatic carbocycles. The van der Waals surface area contributed by atoms with Gasteiger partial charge < -0.3 is 0 Å². The molecular weight excluding hydrogens is 292 g/mol. The Kier molecular flexibility index (Phi) is 4.63. The van der Waals surface area contributed by atoms with E-state index in [4.69, 9.17) is 0 Å². The highest BCUT2D eigenvalue weighted by Crippen LogP contribution is 2.29. The molecule has 0 aromatic heterocycles. The van der Waals surface area contributed by atoms with E-state index in [2.05, 4.69) is 0 Å². The zero-order chi connectivity index (χ0) is 15.6. The molecule has 21 heavy (non-hydrogen) atoms. The highest BCUT2D eigenvalue weighted by atomic mass is 32.2. The van der Waals surface area contributed by atoms with Gasteiger partial charge in [0.2, 0.25) is 10.0 Å². The number of hydrogen-bond donors (Lipinski definition) is 0. The third kappa shape index (κ3) is 3.08. The number of benzene rings is 1. The molecule has 0 spiro atoms. The summed E-state index contributed by atoms with van der Waals surface area (Å²) in [6.07, 6.45) is 3.47. The lowest BCUT2D eigenvalue weighted by Gasteiger charge is -2.34. The number of nitro groups is 1. The molecule has 1 atom stereocenters. The number of hydrogen-bond acceptors (Lipinski definition) is 4. The number of aryl methyl sites for hydroxylation is 1. The van der Waals surface area contributed by atoms with Crippen LogP contribution in [0.3, 0.4) is 0 Å². The molecule has 6 nitrogen and oxygen atoms in total. The Morgan fingerprint density at radius 3 is 2.71 bits per heavy atom. The number of nitrogens with zero attached hydrogens (tertiary/aromatic N) is 2. The molecule has 116 valence electrons. The maximum absolute atomic E-state index is 12.7. The van der Waals surface area contributed by atoms with Gasteiger partial charge in [0.05, 0.1) is 9.82 Å². The van der Waals surface area contributed by atoms with Crippen molar-refractivity contribution in [3.63, 3.8) is 0 Å². The maximum atomic E-state index is 12.7. The minimum absolute atomic E-state index is 0.0101. The van der Waals surface area contributed by atoms with E-state index in [1.165, 1.54) is 22.5 Å². The van der Waals surface area contributed by atoms with Gasteiger partial charge in [0.15, 0.2) is 0 Å². The molecule has 0 saturated carbocycles. The van der Waals surface area contributed by atoms with Crippen molar-refractivity contribution in [2.45, 2.75) is 50.5 Å². The standard InChI is InChI=1S/C14H20N2O4S/c1-3-12-6-4-5-9-15(12)21(19,20)13-8-7-11(2)14(10-13)16(17)18/h7-8,10,12H,3-6,9H2,1-2H3/t12-/m0/s1. The van der Waals surface area contributed by atoms with Crippen LogP contribution in [-0.4, -0.2) is 30.2 Å². The van der Waals surface area contributed by atoms with E-state index >= 15 is 0 Å². The second kappa shape index (κ2) is 6.11. The first-order chi connectivity index (χ1) is 9.87. The van der Waals surface area contributed by atoms with Crippen LogP contribution in [0.4, 0.5) is 5.69 Å². The number of sulfonamides is 1. The van der Waals surface area contributed by atoms with E-state index in [-0.39, 0.29) is 16.6 Å². The van der Waals surface area contributed by atoms with Gasteiger partial charge in [-0.05, 0) is 32.3 Å². The minimum Gasteiger partial charge on any atom is -0.258 e. The molecule has 7 heteroatoms. The average Bonchev–Trinajstić information content (AvgIpc) is 2.47. The lowest BCUT2D eigenvalue weighted by molar-refractivity contribution is -0.385. The van der Waals surface area contributed by atoms with E-state index in [9.17, 15) is 18.5 Å². The molecule has 0 radical (unpaired) electrons. The van der Waals surface area contributed by atoms with Gasteiger partial charge in [-0.2, -0.15) is 4.31 Å². The Labute approximate surface area is 125 Å². The molecular formula is C14H20N2O4S. The van der Waals surface area contributed by atoms with Crippen LogP contribution in [0, 0.1) is 17.0 Å². The Bertz CT molecular complexity index is 642. The van der Waals surface area contributed by atoms with Crippen molar-refractivity contribution in [2.75, 3.05) is 6.54 Å². The molecule has 0 unspecified atom stereocenters. The van der Waals surface area contributed by atoms with Gasteiger partial charge in [0, 0.05) is 24.2 Å². The summed E-state index contributed by atoms with van der Waals surface area (Å²) in [4.78, 5) is 10.5.